The number of nitrogens with zero attached hydrogens (tertiary/aromatic N) is 1. The van der Waals surface area contributed by atoms with Crippen LogP contribution in [0.3, 0.4) is 0 Å². The molecule has 1 rings (SSSR count). The van der Waals surface area contributed by atoms with E-state index in [1.807, 2.05) is 19.1 Å². The van der Waals surface area contributed by atoms with Crippen LogP contribution in [-0.2, 0) is 20.7 Å². The molecule has 1 unspecified atom stereocenters. The van der Waals surface area contributed by atoms with E-state index in [0.29, 0.717) is 4.90 Å². The van der Waals surface area contributed by atoms with Gasteiger partial charge in [0.25, 0.3) is 10.0 Å². The van der Waals surface area contributed by atoms with Crippen LogP contribution in [0.1, 0.15) is 51.5 Å². The Kier molecular flexibility index (Phi) is 8.19. The van der Waals surface area contributed by atoms with Crippen molar-refractivity contribution < 1.29 is 8.42 Å². The second kappa shape index (κ2) is 9.36. The van der Waals surface area contributed by atoms with Crippen molar-refractivity contribution in [1.29, 1.82) is 0 Å². The van der Waals surface area contributed by atoms with Gasteiger partial charge >= 0.3 is 0 Å². The molecule has 0 fully saturated rings. The monoisotopic (exact) mass is 329 g/mol. The van der Waals surface area contributed by atoms with Gasteiger partial charge in [-0.1, -0.05) is 61.5 Å². The Labute approximate surface area is 132 Å². The average Bonchev–Trinajstić information content (AvgIpc) is 2.44. The molecule has 5 heteroatoms. The summed E-state index contributed by atoms with van der Waals surface area (Å²) >= 11 is 0. The van der Waals surface area contributed by atoms with E-state index in [1.165, 1.54) is 19.3 Å². The summed E-state index contributed by atoms with van der Waals surface area (Å²) in [6.07, 6.45) is 5.63. The molecule has 0 aliphatic rings. The number of aryl methyl sites for hydroxylation is 1. The zero-order valence-electron chi connectivity index (χ0n) is 13.3. The van der Waals surface area contributed by atoms with E-state index in [1.54, 1.807) is 12.1 Å². The van der Waals surface area contributed by atoms with Crippen molar-refractivity contribution in [3.63, 3.8) is 0 Å². The van der Waals surface area contributed by atoms with Crippen molar-refractivity contribution in [2.24, 2.45) is 3.77 Å². The molecule has 21 heavy (non-hydrogen) atoms. The average molecular weight is 330 g/mol. The lowest BCUT2D eigenvalue weighted by Gasteiger charge is -2.07. The van der Waals surface area contributed by atoms with Crippen LogP contribution < -0.4 is 0 Å². The van der Waals surface area contributed by atoms with Gasteiger partial charge in [0.05, 0.1) is 4.90 Å². The largest absolute Gasteiger partial charge is 0.287 e. The van der Waals surface area contributed by atoms with Gasteiger partial charge < -0.3 is 0 Å². The molecule has 0 aliphatic carbocycles. The van der Waals surface area contributed by atoms with Crippen LogP contribution in [0.25, 0.3) is 0 Å². The van der Waals surface area contributed by atoms with E-state index in [2.05, 4.69) is 17.6 Å². The zero-order valence-corrected chi connectivity index (χ0v) is 15.0. The van der Waals surface area contributed by atoms with E-state index in [9.17, 15) is 8.42 Å². The fourth-order valence-corrected chi connectivity index (χ4v) is 5.74. The summed E-state index contributed by atoms with van der Waals surface area (Å²) in [5.74, 6) is 1.77. The third kappa shape index (κ3) is 6.74. The summed E-state index contributed by atoms with van der Waals surface area (Å²) in [7, 11) is -3.87. The molecule has 0 saturated carbocycles. The molecule has 0 spiro atoms. The number of unbranched alkanes of at least 4 members (excludes halogenated alkanes) is 3. The van der Waals surface area contributed by atoms with Crippen LogP contribution in [0.2, 0.25) is 0 Å². The summed E-state index contributed by atoms with van der Waals surface area (Å²) in [4.78, 5) is 0.315. The van der Waals surface area contributed by atoms with Crippen molar-refractivity contribution in [1.82, 2.24) is 0 Å². The molecule has 1 aromatic rings. The maximum absolute atomic E-state index is 12.4. The van der Waals surface area contributed by atoms with Crippen molar-refractivity contribution in [3.8, 4) is 0 Å². The molecule has 120 valence electrons. The standard InChI is InChI=1S/C16H27NO2S2/c1-4-6-7-8-14-20(13-5-2)17-21(18,19)16-11-9-15(3)10-12-16/h9-12H,4-8,13-14H2,1-3H3. The van der Waals surface area contributed by atoms with Crippen LogP contribution in [0.15, 0.2) is 32.9 Å². The Balaban J connectivity index is 2.84. The maximum Gasteiger partial charge on any atom is 0.287 e. The summed E-state index contributed by atoms with van der Waals surface area (Å²) in [6, 6.07) is 6.95. The molecule has 1 atom stereocenters. The zero-order chi connectivity index (χ0) is 15.7. The van der Waals surface area contributed by atoms with Gasteiger partial charge in [-0.3, -0.25) is 0 Å². The van der Waals surface area contributed by atoms with Crippen molar-refractivity contribution >= 4 is 20.7 Å². The Morgan fingerprint density at radius 1 is 0.952 bits per heavy atom. The van der Waals surface area contributed by atoms with Gasteiger partial charge in [-0.2, -0.15) is 8.42 Å². The van der Waals surface area contributed by atoms with Gasteiger partial charge in [0.2, 0.25) is 0 Å². The molecular formula is C16H27NO2S2. The summed E-state index contributed by atoms with van der Waals surface area (Å²) in [5.41, 5.74) is 1.06. The highest BCUT2D eigenvalue weighted by Crippen LogP contribution is 2.15. The quantitative estimate of drug-likeness (QED) is 0.627. The van der Waals surface area contributed by atoms with Crippen LogP contribution in [0.4, 0.5) is 0 Å². The summed E-state index contributed by atoms with van der Waals surface area (Å²) < 4.78 is 28.9. The molecule has 0 bridgehead atoms. The van der Waals surface area contributed by atoms with E-state index in [-0.39, 0.29) is 10.7 Å². The van der Waals surface area contributed by atoms with Crippen LogP contribution in [0.5, 0.6) is 0 Å². The molecule has 0 N–H and O–H groups in total. The lowest BCUT2D eigenvalue weighted by atomic mass is 10.2. The Hall–Kier alpha value is -0.680. The molecule has 3 nitrogen and oxygen atoms in total. The Morgan fingerprint density at radius 2 is 1.62 bits per heavy atom. The second-order valence-electron chi connectivity index (χ2n) is 5.29. The first kappa shape index (κ1) is 18.4. The van der Waals surface area contributed by atoms with Crippen LogP contribution >= 0.6 is 0 Å². The lowest BCUT2D eigenvalue weighted by Crippen LogP contribution is -2.07. The number of hydrogen-bond acceptors (Lipinski definition) is 2. The first-order chi connectivity index (χ1) is 9.99. The van der Waals surface area contributed by atoms with Crippen molar-refractivity contribution in [3.05, 3.63) is 29.8 Å². The molecule has 0 aliphatic heterocycles. The minimum absolute atomic E-state index is 0.315. The van der Waals surface area contributed by atoms with Gasteiger partial charge in [0, 0.05) is 11.5 Å². The second-order valence-corrected chi connectivity index (χ2v) is 9.05. The van der Waals surface area contributed by atoms with Gasteiger partial charge in [0.15, 0.2) is 0 Å². The van der Waals surface area contributed by atoms with Crippen molar-refractivity contribution in [2.75, 3.05) is 11.5 Å². The van der Waals surface area contributed by atoms with Crippen LogP contribution in [0, 0.1) is 6.92 Å². The fraction of sp³-hybridized carbons (Fsp3) is 0.625. The Morgan fingerprint density at radius 3 is 2.19 bits per heavy atom. The number of sulfonamides is 1. The highest BCUT2D eigenvalue weighted by atomic mass is 32.3. The van der Waals surface area contributed by atoms with E-state index >= 15 is 0 Å². The molecule has 0 amide bonds. The predicted molar refractivity (Wildman–Crippen MR) is 92.3 cm³/mol. The van der Waals surface area contributed by atoms with Crippen LogP contribution in [-0.4, -0.2) is 19.9 Å². The first-order valence-corrected chi connectivity index (χ1v) is 10.7. The molecule has 1 aromatic carbocycles. The molecule has 0 aromatic heterocycles. The van der Waals surface area contributed by atoms with E-state index < -0.39 is 10.0 Å². The van der Waals surface area contributed by atoms with Gasteiger partial charge in [-0.05, 0) is 31.9 Å². The minimum Gasteiger partial charge on any atom is -0.199 e. The topological polar surface area (TPSA) is 46.5 Å². The SMILES string of the molecule is CCCCCCS(CCC)=NS(=O)(=O)c1ccc(C)cc1. The third-order valence-electron chi connectivity index (χ3n) is 3.20. The smallest absolute Gasteiger partial charge is 0.199 e. The first-order valence-electron chi connectivity index (χ1n) is 7.72. The van der Waals surface area contributed by atoms with Gasteiger partial charge in [-0.15, -0.1) is 3.77 Å². The summed E-state index contributed by atoms with van der Waals surface area (Å²) in [6.45, 7) is 6.21. The van der Waals surface area contributed by atoms with Gasteiger partial charge in [0.1, 0.15) is 0 Å². The molecule has 0 heterocycles. The minimum atomic E-state index is -3.50. The number of hydrogen-bond donors (Lipinski definition) is 0. The Bertz CT molecular complexity index is 548. The molecule has 0 saturated heterocycles. The molecular weight excluding hydrogens is 302 g/mol. The van der Waals surface area contributed by atoms with E-state index in [0.717, 1.165) is 29.9 Å². The normalized spacial score (nSPS) is 13.5. The number of rotatable bonds is 9. The maximum atomic E-state index is 12.4. The summed E-state index contributed by atoms with van der Waals surface area (Å²) in [5, 5.41) is 0. The molecule has 0 radical (unpaired) electrons. The van der Waals surface area contributed by atoms with Gasteiger partial charge in [-0.25, -0.2) is 0 Å². The lowest BCUT2D eigenvalue weighted by molar-refractivity contribution is 0.598. The third-order valence-corrected chi connectivity index (χ3v) is 7.33. The highest BCUT2D eigenvalue weighted by molar-refractivity contribution is 8.00. The fourth-order valence-electron chi connectivity index (χ4n) is 2.00. The number of benzene rings is 1. The highest BCUT2D eigenvalue weighted by Gasteiger charge is 2.13. The van der Waals surface area contributed by atoms with Crippen molar-refractivity contribution in [2.45, 2.75) is 57.8 Å². The van der Waals surface area contributed by atoms with E-state index in [4.69, 9.17) is 0 Å². The predicted octanol–water partition coefficient (Wildman–Crippen LogP) is 4.48.